The van der Waals surface area contributed by atoms with Gasteiger partial charge in [0, 0.05) is 13.1 Å². The maximum atomic E-state index is 13.3. The first-order valence-corrected chi connectivity index (χ1v) is 10.9. The summed E-state index contributed by atoms with van der Waals surface area (Å²) in [5.74, 6) is -0.301. The Bertz CT molecular complexity index is 958. The van der Waals surface area contributed by atoms with Crippen LogP contribution in [0.1, 0.15) is 5.56 Å². The molecule has 1 amide bonds. The molecule has 0 aliphatic carbocycles. The lowest BCUT2D eigenvalue weighted by Crippen LogP contribution is -2.47. The molecule has 0 radical (unpaired) electrons. The van der Waals surface area contributed by atoms with Crippen LogP contribution < -0.4 is 4.31 Å². The van der Waals surface area contributed by atoms with Crippen LogP contribution >= 0.6 is 23.2 Å². The smallest absolute Gasteiger partial charge is 0.264 e. The van der Waals surface area contributed by atoms with Crippen LogP contribution in [0.15, 0.2) is 47.4 Å². The Morgan fingerprint density at radius 2 is 1.71 bits per heavy atom. The predicted octanol–water partition coefficient (Wildman–Crippen LogP) is 3.36. The van der Waals surface area contributed by atoms with Crippen LogP contribution in [0.4, 0.5) is 5.69 Å². The Hall–Kier alpha value is -1.80. The number of hydrogen-bond donors (Lipinski definition) is 0. The number of anilines is 1. The zero-order valence-corrected chi connectivity index (χ0v) is 17.6. The fourth-order valence-corrected chi connectivity index (χ4v) is 4.53. The molecular weight excluding hydrogens is 423 g/mol. The van der Waals surface area contributed by atoms with Crippen molar-refractivity contribution in [3.8, 4) is 0 Å². The number of ether oxygens (including phenoxy) is 1. The molecule has 0 unspecified atom stereocenters. The summed E-state index contributed by atoms with van der Waals surface area (Å²) in [6, 6.07) is 11.0. The monoisotopic (exact) mass is 442 g/mol. The van der Waals surface area contributed by atoms with Crippen LogP contribution in [0.3, 0.4) is 0 Å². The van der Waals surface area contributed by atoms with Crippen molar-refractivity contribution in [1.82, 2.24) is 4.90 Å². The molecule has 3 rings (SSSR count). The fourth-order valence-electron chi connectivity index (χ4n) is 2.83. The Kier molecular flexibility index (Phi) is 6.50. The molecule has 0 aromatic heterocycles. The Balaban J connectivity index is 1.99. The number of benzene rings is 2. The second kappa shape index (κ2) is 8.69. The first-order chi connectivity index (χ1) is 13.3. The van der Waals surface area contributed by atoms with Crippen molar-refractivity contribution in [2.45, 2.75) is 11.8 Å². The molecule has 28 heavy (non-hydrogen) atoms. The molecule has 2 aromatic rings. The number of carbonyl (C=O) groups is 1. The third-order valence-corrected chi connectivity index (χ3v) is 6.97. The molecule has 0 N–H and O–H groups in total. The summed E-state index contributed by atoms with van der Waals surface area (Å²) in [5.41, 5.74) is 1.21. The molecule has 0 atom stereocenters. The van der Waals surface area contributed by atoms with Crippen molar-refractivity contribution >= 4 is 44.8 Å². The van der Waals surface area contributed by atoms with Crippen molar-refractivity contribution in [2.24, 2.45) is 0 Å². The molecule has 6 nitrogen and oxygen atoms in total. The van der Waals surface area contributed by atoms with Gasteiger partial charge in [0.05, 0.1) is 33.8 Å². The number of carbonyl (C=O) groups excluding carboxylic acids is 1. The van der Waals surface area contributed by atoms with Gasteiger partial charge in [-0.1, -0.05) is 40.9 Å². The molecule has 1 heterocycles. The highest BCUT2D eigenvalue weighted by molar-refractivity contribution is 7.92. The Morgan fingerprint density at radius 3 is 2.32 bits per heavy atom. The van der Waals surface area contributed by atoms with Gasteiger partial charge in [0.1, 0.15) is 6.54 Å². The average molecular weight is 443 g/mol. The van der Waals surface area contributed by atoms with Gasteiger partial charge >= 0.3 is 0 Å². The molecule has 0 saturated carbocycles. The maximum absolute atomic E-state index is 13.3. The first-order valence-electron chi connectivity index (χ1n) is 8.69. The topological polar surface area (TPSA) is 66.9 Å². The highest BCUT2D eigenvalue weighted by Gasteiger charge is 2.29. The third-order valence-electron chi connectivity index (χ3n) is 4.44. The number of morpholine rings is 1. The van der Waals surface area contributed by atoms with Crippen molar-refractivity contribution in [3.05, 3.63) is 58.1 Å². The number of rotatable bonds is 5. The van der Waals surface area contributed by atoms with Crippen LogP contribution in [0.2, 0.25) is 10.0 Å². The summed E-state index contributed by atoms with van der Waals surface area (Å²) < 4.78 is 33.0. The largest absolute Gasteiger partial charge is 0.378 e. The van der Waals surface area contributed by atoms with Gasteiger partial charge in [0.15, 0.2) is 0 Å². The van der Waals surface area contributed by atoms with Crippen LogP contribution in [-0.2, 0) is 19.6 Å². The van der Waals surface area contributed by atoms with Gasteiger partial charge < -0.3 is 9.64 Å². The molecule has 1 fully saturated rings. The minimum absolute atomic E-state index is 0.0962. The lowest BCUT2D eigenvalue weighted by atomic mass is 10.2. The number of sulfonamides is 1. The van der Waals surface area contributed by atoms with Crippen molar-refractivity contribution < 1.29 is 17.9 Å². The fraction of sp³-hybridized carbons (Fsp3) is 0.316. The molecule has 1 saturated heterocycles. The zero-order chi connectivity index (χ0) is 20.3. The number of hydrogen-bond acceptors (Lipinski definition) is 4. The zero-order valence-electron chi connectivity index (χ0n) is 15.3. The van der Waals surface area contributed by atoms with Gasteiger partial charge in [0.25, 0.3) is 10.0 Å². The second-order valence-corrected chi connectivity index (χ2v) is 9.09. The predicted molar refractivity (Wildman–Crippen MR) is 110 cm³/mol. The number of amides is 1. The molecule has 1 aliphatic heterocycles. The Labute approximate surface area is 174 Å². The molecule has 1 aliphatic rings. The van der Waals surface area contributed by atoms with E-state index in [4.69, 9.17) is 27.9 Å². The number of aryl methyl sites for hydroxylation is 1. The lowest BCUT2D eigenvalue weighted by molar-refractivity contribution is -0.133. The standard InChI is InChI=1S/C19H20Cl2N2O4S/c1-14-2-5-16(6-3-14)28(25,26)23(15-4-7-17(20)18(21)12-15)13-19(24)22-8-10-27-11-9-22/h2-7,12H,8-11,13H2,1H3. The lowest BCUT2D eigenvalue weighted by Gasteiger charge is -2.30. The van der Waals surface area contributed by atoms with Crippen molar-refractivity contribution in [3.63, 3.8) is 0 Å². The van der Waals surface area contributed by atoms with Crippen molar-refractivity contribution in [2.75, 3.05) is 37.2 Å². The van der Waals surface area contributed by atoms with Gasteiger partial charge in [-0.3, -0.25) is 9.10 Å². The maximum Gasteiger partial charge on any atom is 0.264 e. The summed E-state index contributed by atoms with van der Waals surface area (Å²) in [4.78, 5) is 14.5. The van der Waals surface area contributed by atoms with E-state index in [1.54, 1.807) is 17.0 Å². The van der Waals surface area contributed by atoms with E-state index in [9.17, 15) is 13.2 Å². The van der Waals surface area contributed by atoms with Gasteiger partial charge in [-0.15, -0.1) is 0 Å². The summed E-state index contributed by atoms with van der Waals surface area (Å²) >= 11 is 12.1. The summed E-state index contributed by atoms with van der Waals surface area (Å²) in [5, 5.41) is 0.514. The van der Waals surface area contributed by atoms with Crippen molar-refractivity contribution in [1.29, 1.82) is 0 Å². The van der Waals surface area contributed by atoms with E-state index in [0.29, 0.717) is 31.3 Å². The van der Waals surface area contributed by atoms with Crippen LogP contribution in [-0.4, -0.2) is 52.1 Å². The molecule has 150 valence electrons. The quantitative estimate of drug-likeness (QED) is 0.711. The summed E-state index contributed by atoms with van der Waals surface area (Å²) in [7, 11) is -3.98. The van der Waals surface area contributed by atoms with Gasteiger partial charge in [0.2, 0.25) is 5.91 Å². The number of halogens is 2. The normalized spacial score (nSPS) is 14.8. The SMILES string of the molecule is Cc1ccc(S(=O)(=O)N(CC(=O)N2CCOCC2)c2ccc(Cl)c(Cl)c2)cc1. The van der Waals surface area contributed by atoms with Crippen LogP contribution in [0.25, 0.3) is 0 Å². The highest BCUT2D eigenvalue weighted by atomic mass is 35.5. The number of nitrogens with zero attached hydrogens (tertiary/aromatic N) is 2. The average Bonchev–Trinajstić information content (AvgIpc) is 2.69. The molecule has 9 heteroatoms. The van der Waals surface area contributed by atoms with E-state index in [2.05, 4.69) is 0 Å². The van der Waals surface area contributed by atoms with Crippen LogP contribution in [0.5, 0.6) is 0 Å². The van der Waals surface area contributed by atoms with Gasteiger partial charge in [-0.25, -0.2) is 8.42 Å². The van der Waals surface area contributed by atoms with E-state index in [1.807, 2.05) is 6.92 Å². The molecule has 0 spiro atoms. The first kappa shape index (κ1) is 20.9. The summed E-state index contributed by atoms with van der Waals surface area (Å²) in [6.45, 7) is 3.26. The highest BCUT2D eigenvalue weighted by Crippen LogP contribution is 2.30. The van der Waals surface area contributed by atoms with E-state index < -0.39 is 10.0 Å². The van der Waals surface area contributed by atoms with E-state index in [1.165, 1.54) is 30.3 Å². The minimum Gasteiger partial charge on any atom is -0.378 e. The second-order valence-electron chi connectivity index (χ2n) is 6.42. The third kappa shape index (κ3) is 4.60. The van der Waals surface area contributed by atoms with Crippen LogP contribution in [0, 0.1) is 6.92 Å². The minimum atomic E-state index is -3.98. The summed E-state index contributed by atoms with van der Waals surface area (Å²) in [6.07, 6.45) is 0. The van der Waals surface area contributed by atoms with E-state index in [0.717, 1.165) is 9.87 Å². The van der Waals surface area contributed by atoms with E-state index in [-0.39, 0.29) is 28.1 Å². The molecular formula is C19H20Cl2N2O4S. The Morgan fingerprint density at radius 1 is 1.07 bits per heavy atom. The molecule has 2 aromatic carbocycles. The van der Waals surface area contributed by atoms with Gasteiger partial charge in [-0.2, -0.15) is 0 Å². The van der Waals surface area contributed by atoms with E-state index >= 15 is 0 Å². The van der Waals surface area contributed by atoms with Gasteiger partial charge in [-0.05, 0) is 37.3 Å². The molecule has 0 bridgehead atoms.